The lowest BCUT2D eigenvalue weighted by Crippen LogP contribution is -2.06. The Labute approximate surface area is 83.0 Å². The maximum Gasteiger partial charge on any atom is 0.200 e. The molecule has 0 atom stereocenters. The van der Waals surface area contributed by atoms with Crippen LogP contribution in [-0.4, -0.2) is 0 Å². The molecule has 1 aromatic rings. The van der Waals surface area contributed by atoms with E-state index in [-0.39, 0.29) is 12.0 Å². The Kier molecular flexibility index (Phi) is 3.12. The molecular weight excluding hydrogens is 215 g/mol. The number of allylic oxidation sites excluding steroid dienone is 1. The van der Waals surface area contributed by atoms with Crippen LogP contribution in [0.25, 0.3) is 5.57 Å². The third-order valence-corrected chi connectivity index (χ3v) is 1.99. The van der Waals surface area contributed by atoms with Crippen LogP contribution in [0.1, 0.15) is 18.9 Å². The Bertz CT molecular complexity index is 393. The smallest absolute Gasteiger partial charge is 0.200 e. The molecule has 0 aromatic heterocycles. The van der Waals surface area contributed by atoms with Gasteiger partial charge in [-0.25, -0.2) is 22.0 Å². The average Bonchev–Trinajstić information content (AvgIpc) is 2.23. The number of hydrogen-bond donors (Lipinski definition) is 0. The molecule has 0 heterocycles. The normalized spacial score (nSPS) is 10.5. The molecule has 0 saturated heterocycles. The van der Waals surface area contributed by atoms with Gasteiger partial charge < -0.3 is 0 Å². The highest BCUT2D eigenvalue weighted by Gasteiger charge is 2.26. The highest BCUT2D eigenvalue weighted by molar-refractivity contribution is 5.64. The summed E-state index contributed by atoms with van der Waals surface area (Å²) >= 11 is 0. The van der Waals surface area contributed by atoms with Gasteiger partial charge in [0.15, 0.2) is 23.3 Å². The first-order valence-corrected chi connectivity index (χ1v) is 4.11. The Morgan fingerprint density at radius 1 is 0.867 bits per heavy atom. The van der Waals surface area contributed by atoms with Gasteiger partial charge in [0.25, 0.3) is 0 Å². The molecule has 0 bridgehead atoms. The van der Waals surface area contributed by atoms with E-state index in [9.17, 15) is 22.0 Å². The summed E-state index contributed by atoms with van der Waals surface area (Å²) in [5, 5.41) is 0. The molecule has 5 heteroatoms. The summed E-state index contributed by atoms with van der Waals surface area (Å²) in [6.07, 6.45) is 0.0956. The zero-order valence-corrected chi connectivity index (χ0v) is 7.80. The van der Waals surface area contributed by atoms with E-state index in [1.807, 2.05) is 0 Å². The van der Waals surface area contributed by atoms with Gasteiger partial charge >= 0.3 is 0 Å². The topological polar surface area (TPSA) is 0 Å². The second kappa shape index (κ2) is 4.00. The van der Waals surface area contributed by atoms with Crippen LogP contribution < -0.4 is 0 Å². The minimum atomic E-state index is -2.15. The summed E-state index contributed by atoms with van der Waals surface area (Å²) in [4.78, 5) is 0. The third-order valence-electron chi connectivity index (χ3n) is 1.99. The Morgan fingerprint density at radius 3 is 1.53 bits per heavy atom. The quantitative estimate of drug-likeness (QED) is 0.405. The van der Waals surface area contributed by atoms with Crippen molar-refractivity contribution >= 4 is 5.57 Å². The van der Waals surface area contributed by atoms with Gasteiger partial charge in [0, 0.05) is 0 Å². The molecule has 0 spiro atoms. The van der Waals surface area contributed by atoms with Crippen molar-refractivity contribution in [3.05, 3.63) is 41.2 Å². The molecule has 0 fully saturated rings. The molecule has 0 N–H and O–H groups in total. The minimum Gasteiger partial charge on any atom is -0.203 e. The van der Waals surface area contributed by atoms with Gasteiger partial charge in [-0.05, 0) is 12.0 Å². The summed E-state index contributed by atoms with van der Waals surface area (Å²) < 4.78 is 64.1. The fourth-order valence-electron chi connectivity index (χ4n) is 1.09. The first-order valence-electron chi connectivity index (χ1n) is 4.11. The largest absolute Gasteiger partial charge is 0.203 e. The van der Waals surface area contributed by atoms with Crippen molar-refractivity contribution < 1.29 is 22.0 Å². The Balaban J connectivity index is 3.60. The van der Waals surface area contributed by atoms with Crippen LogP contribution in [0.3, 0.4) is 0 Å². The molecule has 1 aromatic carbocycles. The standard InChI is InChI=1S/C10H7F5/c1-3-4(2)5-6(11)8(13)10(15)9(14)7(5)12/h2-3H2,1H3. The molecule has 0 aliphatic carbocycles. The van der Waals surface area contributed by atoms with E-state index in [4.69, 9.17) is 0 Å². The Morgan fingerprint density at radius 2 is 1.20 bits per heavy atom. The molecular formula is C10H7F5. The van der Waals surface area contributed by atoms with Crippen molar-refractivity contribution in [3.63, 3.8) is 0 Å². The maximum absolute atomic E-state index is 13.1. The maximum atomic E-state index is 13.1. The van der Waals surface area contributed by atoms with Gasteiger partial charge in [-0.2, -0.15) is 0 Å². The van der Waals surface area contributed by atoms with Crippen molar-refractivity contribution in [2.45, 2.75) is 13.3 Å². The minimum absolute atomic E-state index is 0.0956. The highest BCUT2D eigenvalue weighted by atomic mass is 19.2. The average molecular weight is 222 g/mol. The molecule has 15 heavy (non-hydrogen) atoms. The van der Waals surface area contributed by atoms with E-state index in [1.54, 1.807) is 0 Å². The lowest BCUT2D eigenvalue weighted by Gasteiger charge is -2.08. The lowest BCUT2D eigenvalue weighted by molar-refractivity contribution is 0.376. The molecule has 0 radical (unpaired) electrons. The van der Waals surface area contributed by atoms with Crippen molar-refractivity contribution in [1.29, 1.82) is 0 Å². The first-order chi connectivity index (χ1) is 6.91. The summed E-state index contributed by atoms with van der Waals surface area (Å²) in [6.45, 7) is 4.74. The SMILES string of the molecule is C=C(CC)c1c(F)c(F)c(F)c(F)c1F. The zero-order valence-electron chi connectivity index (χ0n) is 7.80. The second-order valence-corrected chi connectivity index (χ2v) is 2.90. The molecule has 0 amide bonds. The van der Waals surface area contributed by atoms with E-state index in [1.165, 1.54) is 6.92 Å². The van der Waals surface area contributed by atoms with E-state index in [0.29, 0.717) is 0 Å². The predicted molar refractivity (Wildman–Crippen MR) is 45.6 cm³/mol. The van der Waals surface area contributed by atoms with Gasteiger partial charge in [-0.1, -0.05) is 13.5 Å². The van der Waals surface area contributed by atoms with E-state index >= 15 is 0 Å². The third kappa shape index (κ3) is 1.73. The van der Waals surface area contributed by atoms with E-state index in [2.05, 4.69) is 6.58 Å². The number of benzene rings is 1. The first kappa shape index (κ1) is 11.7. The molecule has 1 rings (SSSR count). The molecule has 0 aliphatic heterocycles. The number of halogens is 5. The van der Waals surface area contributed by atoms with E-state index < -0.39 is 34.6 Å². The lowest BCUT2D eigenvalue weighted by atomic mass is 10.0. The van der Waals surface area contributed by atoms with E-state index in [0.717, 1.165) is 0 Å². The fraction of sp³-hybridized carbons (Fsp3) is 0.200. The highest BCUT2D eigenvalue weighted by Crippen LogP contribution is 2.28. The van der Waals surface area contributed by atoms with Gasteiger partial charge in [0.1, 0.15) is 0 Å². The van der Waals surface area contributed by atoms with Crippen LogP contribution in [0.2, 0.25) is 0 Å². The van der Waals surface area contributed by atoms with Crippen LogP contribution in [0.5, 0.6) is 0 Å². The predicted octanol–water partition coefficient (Wildman–Crippen LogP) is 3.81. The number of hydrogen-bond acceptors (Lipinski definition) is 0. The van der Waals surface area contributed by atoms with Crippen LogP contribution in [0.15, 0.2) is 6.58 Å². The summed E-state index contributed by atoms with van der Waals surface area (Å²) in [6, 6.07) is 0. The van der Waals surface area contributed by atoms with Crippen LogP contribution >= 0.6 is 0 Å². The Hall–Kier alpha value is -1.39. The molecule has 0 saturated carbocycles. The van der Waals surface area contributed by atoms with Crippen molar-refractivity contribution in [1.82, 2.24) is 0 Å². The second-order valence-electron chi connectivity index (χ2n) is 2.90. The van der Waals surface area contributed by atoms with Crippen LogP contribution in [0.4, 0.5) is 22.0 Å². The van der Waals surface area contributed by atoms with Crippen molar-refractivity contribution in [2.75, 3.05) is 0 Å². The van der Waals surface area contributed by atoms with Crippen LogP contribution in [0, 0.1) is 29.1 Å². The monoisotopic (exact) mass is 222 g/mol. The van der Waals surface area contributed by atoms with Gasteiger partial charge in [0.05, 0.1) is 5.56 Å². The summed E-state index contributed by atoms with van der Waals surface area (Å²) in [5.74, 6) is -9.72. The van der Waals surface area contributed by atoms with Gasteiger partial charge in [-0.3, -0.25) is 0 Å². The van der Waals surface area contributed by atoms with Gasteiger partial charge in [0.2, 0.25) is 5.82 Å². The summed E-state index contributed by atoms with van der Waals surface area (Å²) in [7, 11) is 0. The fourth-order valence-corrected chi connectivity index (χ4v) is 1.09. The van der Waals surface area contributed by atoms with Crippen molar-refractivity contribution in [2.24, 2.45) is 0 Å². The zero-order chi connectivity index (χ0) is 11.7. The molecule has 0 aliphatic rings. The molecule has 0 unspecified atom stereocenters. The number of rotatable bonds is 2. The van der Waals surface area contributed by atoms with Crippen LogP contribution in [-0.2, 0) is 0 Å². The molecule has 0 nitrogen and oxygen atoms in total. The van der Waals surface area contributed by atoms with Gasteiger partial charge in [-0.15, -0.1) is 0 Å². The van der Waals surface area contributed by atoms with Crippen molar-refractivity contribution in [3.8, 4) is 0 Å². The summed E-state index contributed by atoms with van der Waals surface area (Å²) in [5.41, 5.74) is -1.07. The molecule has 82 valence electrons.